The molecule has 29 heavy (non-hydrogen) atoms. The van der Waals surface area contributed by atoms with E-state index in [0.29, 0.717) is 28.9 Å². The van der Waals surface area contributed by atoms with E-state index in [1.54, 1.807) is 18.2 Å². The third-order valence-corrected chi connectivity index (χ3v) is 4.73. The van der Waals surface area contributed by atoms with Crippen LogP contribution in [0.2, 0.25) is 0 Å². The van der Waals surface area contributed by atoms with E-state index in [4.69, 9.17) is 26.8 Å². The number of carbonyl (C=O) groups excluding carboxylic acids is 1. The Labute approximate surface area is 171 Å². The van der Waals surface area contributed by atoms with Crippen LogP contribution in [0.3, 0.4) is 0 Å². The molecule has 9 nitrogen and oxygen atoms in total. The highest BCUT2D eigenvalue weighted by atomic mass is 35.5. The number of alkyl halides is 1. The van der Waals surface area contributed by atoms with Gasteiger partial charge in [-0.05, 0) is 23.6 Å². The Hall–Kier alpha value is -3.07. The number of methoxy groups -OCH3 is 1. The first kappa shape index (κ1) is 20.7. The number of carbonyl (C=O) groups is 1. The fraction of sp³-hybridized carbons (Fsp3) is 0.368. The minimum Gasteiger partial charge on any atom is -0.465 e. The quantitative estimate of drug-likeness (QED) is 0.326. The molecule has 3 rings (SSSR count). The lowest BCUT2D eigenvalue weighted by Crippen LogP contribution is -2.19. The maximum absolute atomic E-state index is 12.5. The van der Waals surface area contributed by atoms with Crippen LogP contribution in [0.4, 0.5) is 5.82 Å². The van der Waals surface area contributed by atoms with Gasteiger partial charge in [0.05, 0.1) is 25.8 Å². The fourth-order valence-electron chi connectivity index (χ4n) is 2.86. The Morgan fingerprint density at radius 3 is 2.83 bits per heavy atom. The number of hydrogen-bond acceptors (Lipinski definition) is 7. The van der Waals surface area contributed by atoms with Gasteiger partial charge in [-0.3, -0.25) is 4.57 Å². The number of fused-ring (bicyclic) bond motifs is 1. The van der Waals surface area contributed by atoms with Gasteiger partial charge < -0.3 is 20.2 Å². The van der Waals surface area contributed by atoms with Crippen molar-refractivity contribution in [2.45, 2.75) is 32.2 Å². The molecular formula is C19H22ClN5O4. The number of nitrogen functional groups attached to an aromatic ring is 1. The number of esters is 1. The van der Waals surface area contributed by atoms with E-state index in [1.807, 2.05) is 6.92 Å². The molecule has 0 saturated heterocycles. The molecule has 3 N–H and O–H groups in total. The van der Waals surface area contributed by atoms with E-state index in [1.165, 1.54) is 11.7 Å². The number of nitrogens with one attached hydrogen (secondary N) is 1. The summed E-state index contributed by atoms with van der Waals surface area (Å²) < 4.78 is 11.8. The van der Waals surface area contributed by atoms with Gasteiger partial charge >= 0.3 is 17.7 Å². The van der Waals surface area contributed by atoms with Gasteiger partial charge in [0.25, 0.3) is 0 Å². The van der Waals surface area contributed by atoms with Crippen LogP contribution >= 0.6 is 11.6 Å². The van der Waals surface area contributed by atoms with Crippen molar-refractivity contribution in [3.05, 3.63) is 45.4 Å². The zero-order valence-corrected chi connectivity index (χ0v) is 17.0. The van der Waals surface area contributed by atoms with Gasteiger partial charge in [0, 0.05) is 5.88 Å². The molecule has 0 spiro atoms. The van der Waals surface area contributed by atoms with Crippen LogP contribution in [-0.4, -0.2) is 39.2 Å². The highest BCUT2D eigenvalue weighted by Gasteiger charge is 2.18. The maximum Gasteiger partial charge on any atom is 0.338 e. The van der Waals surface area contributed by atoms with E-state index in [2.05, 4.69) is 15.0 Å². The molecule has 0 amide bonds. The molecule has 154 valence electrons. The first-order chi connectivity index (χ1) is 14.0. The second-order valence-electron chi connectivity index (χ2n) is 6.43. The summed E-state index contributed by atoms with van der Waals surface area (Å²) in [6.07, 6.45) is 1.80. The topological polar surface area (TPSA) is 125 Å². The average molecular weight is 420 g/mol. The molecular weight excluding hydrogens is 398 g/mol. The number of unbranched alkanes of at least 4 members (excludes halogenated alkanes) is 1. The predicted octanol–water partition coefficient (Wildman–Crippen LogP) is 2.45. The lowest BCUT2D eigenvalue weighted by Gasteiger charge is -2.11. The van der Waals surface area contributed by atoms with Crippen molar-refractivity contribution in [3.63, 3.8) is 0 Å². The first-order valence-corrected chi connectivity index (χ1v) is 9.66. The molecule has 0 saturated carbocycles. The maximum atomic E-state index is 12.5. The van der Waals surface area contributed by atoms with E-state index in [0.717, 1.165) is 18.4 Å². The van der Waals surface area contributed by atoms with Crippen molar-refractivity contribution >= 4 is 34.6 Å². The van der Waals surface area contributed by atoms with Gasteiger partial charge in [0.2, 0.25) is 0 Å². The Morgan fingerprint density at radius 1 is 1.34 bits per heavy atom. The third-order valence-electron chi connectivity index (χ3n) is 4.42. The highest BCUT2D eigenvalue weighted by molar-refractivity contribution is 6.17. The number of benzene rings is 1. The number of nitrogens with two attached hydrogens (primary N) is 1. The number of H-pyrrole nitrogens is 1. The smallest absolute Gasteiger partial charge is 0.338 e. The van der Waals surface area contributed by atoms with E-state index < -0.39 is 11.7 Å². The largest absolute Gasteiger partial charge is 0.465 e. The molecule has 0 aliphatic heterocycles. The minimum absolute atomic E-state index is 0.0800. The van der Waals surface area contributed by atoms with Gasteiger partial charge in [-0.25, -0.2) is 9.59 Å². The molecule has 0 unspecified atom stereocenters. The number of aromatic nitrogens is 4. The summed E-state index contributed by atoms with van der Waals surface area (Å²) in [6, 6.07) is 5.27. The predicted molar refractivity (Wildman–Crippen MR) is 109 cm³/mol. The van der Waals surface area contributed by atoms with Gasteiger partial charge in [-0.2, -0.15) is 9.97 Å². The molecule has 2 aromatic heterocycles. The van der Waals surface area contributed by atoms with Gasteiger partial charge in [-0.1, -0.05) is 25.5 Å². The van der Waals surface area contributed by atoms with Gasteiger partial charge in [0.15, 0.2) is 11.5 Å². The summed E-state index contributed by atoms with van der Waals surface area (Å²) in [5, 5.41) is 0. The molecule has 10 heteroatoms. The average Bonchev–Trinajstić information content (AvgIpc) is 3.04. The number of rotatable bonds is 8. The molecule has 0 radical (unpaired) electrons. The summed E-state index contributed by atoms with van der Waals surface area (Å²) in [7, 11) is 1.30. The molecule has 0 aliphatic rings. The van der Waals surface area contributed by atoms with Crippen LogP contribution in [0.5, 0.6) is 6.01 Å². The lowest BCUT2D eigenvalue weighted by atomic mass is 10.0. The Bertz CT molecular complexity index is 1090. The van der Waals surface area contributed by atoms with E-state index >= 15 is 0 Å². The van der Waals surface area contributed by atoms with Gasteiger partial charge in [0.1, 0.15) is 5.52 Å². The van der Waals surface area contributed by atoms with Crippen LogP contribution in [0.25, 0.3) is 11.2 Å². The molecule has 2 heterocycles. The van der Waals surface area contributed by atoms with Crippen molar-refractivity contribution in [2.24, 2.45) is 0 Å². The molecule has 0 bridgehead atoms. The minimum atomic E-state index is -0.516. The second kappa shape index (κ2) is 8.95. The standard InChI is InChI=1S/C19H22ClN5O4/c1-3-4-7-29-18-23-15(21)14-16(24-18)25(19(27)22-14)10-12-6-5-11(9-20)8-13(12)17(26)28-2/h5-6,8H,3-4,7,9-10H2,1-2H3,(H,22,27)(H2,21,23,24). The molecule has 0 aliphatic carbocycles. The van der Waals surface area contributed by atoms with Crippen molar-refractivity contribution < 1.29 is 14.3 Å². The van der Waals surface area contributed by atoms with Crippen molar-refractivity contribution in [1.29, 1.82) is 0 Å². The monoisotopic (exact) mass is 419 g/mol. The van der Waals surface area contributed by atoms with Crippen molar-refractivity contribution in [3.8, 4) is 6.01 Å². The number of aromatic amines is 1. The number of halogens is 1. The molecule has 0 fully saturated rings. The van der Waals surface area contributed by atoms with Crippen LogP contribution in [0, 0.1) is 0 Å². The summed E-state index contributed by atoms with van der Waals surface area (Å²) >= 11 is 5.88. The molecule has 0 atom stereocenters. The molecule has 1 aromatic carbocycles. The van der Waals surface area contributed by atoms with Crippen LogP contribution in [-0.2, 0) is 17.2 Å². The first-order valence-electron chi connectivity index (χ1n) is 9.13. The fourth-order valence-corrected chi connectivity index (χ4v) is 3.03. The molecule has 3 aromatic rings. The van der Waals surface area contributed by atoms with Crippen molar-refractivity contribution in [1.82, 2.24) is 19.5 Å². The van der Waals surface area contributed by atoms with E-state index in [9.17, 15) is 9.59 Å². The number of imidazole rings is 1. The zero-order valence-electron chi connectivity index (χ0n) is 16.2. The van der Waals surface area contributed by atoms with Crippen LogP contribution in [0.1, 0.15) is 41.3 Å². The number of nitrogens with zero attached hydrogens (tertiary/aromatic N) is 3. The SMILES string of the molecule is CCCCOc1nc(N)c2[nH]c(=O)n(Cc3ccc(CCl)cc3C(=O)OC)c2n1. The normalized spacial score (nSPS) is 11.0. The van der Waals surface area contributed by atoms with Crippen LogP contribution in [0.15, 0.2) is 23.0 Å². The second-order valence-corrected chi connectivity index (χ2v) is 6.69. The Morgan fingerprint density at radius 2 is 2.14 bits per heavy atom. The van der Waals surface area contributed by atoms with Crippen LogP contribution < -0.4 is 16.2 Å². The van der Waals surface area contributed by atoms with Gasteiger partial charge in [-0.15, -0.1) is 11.6 Å². The van der Waals surface area contributed by atoms with Crippen molar-refractivity contribution in [2.75, 3.05) is 19.5 Å². The summed E-state index contributed by atoms with van der Waals surface area (Å²) in [5.74, 6) is -0.153. The summed E-state index contributed by atoms with van der Waals surface area (Å²) in [5.41, 5.74) is 7.83. The van der Waals surface area contributed by atoms with E-state index in [-0.39, 0.29) is 24.3 Å². The lowest BCUT2D eigenvalue weighted by molar-refractivity contribution is 0.0599. The summed E-state index contributed by atoms with van der Waals surface area (Å²) in [6.45, 7) is 2.57. The Balaban J connectivity index is 2.05. The zero-order chi connectivity index (χ0) is 21.0. The third kappa shape index (κ3) is 4.34. The summed E-state index contributed by atoms with van der Waals surface area (Å²) in [4.78, 5) is 35.8. The Kier molecular flexibility index (Phi) is 6.38. The number of hydrogen-bond donors (Lipinski definition) is 2. The highest BCUT2D eigenvalue weighted by Crippen LogP contribution is 2.21. The number of anilines is 1. The number of ether oxygens (including phenoxy) is 2.